The highest BCUT2D eigenvalue weighted by atomic mass is 19.1. The van der Waals surface area contributed by atoms with Crippen LogP contribution in [0.1, 0.15) is 23.7 Å². The summed E-state index contributed by atoms with van der Waals surface area (Å²) in [5.74, 6) is -0.222. The van der Waals surface area contributed by atoms with Crippen molar-refractivity contribution in [2.75, 3.05) is 6.54 Å². The van der Waals surface area contributed by atoms with E-state index in [1.807, 2.05) is 0 Å². The lowest BCUT2D eigenvalue weighted by Gasteiger charge is -2.18. The summed E-state index contributed by atoms with van der Waals surface area (Å²) in [6, 6.07) is 5.46. The third-order valence-electron chi connectivity index (χ3n) is 3.78. The molecule has 2 heterocycles. The Labute approximate surface area is 131 Å². The molecule has 1 amide bonds. The number of alkyl halides is 1. The highest BCUT2D eigenvalue weighted by Crippen LogP contribution is 2.22. The number of halogens is 2. The monoisotopic (exact) mass is 322 g/mol. The minimum Gasteiger partial charge on any atom is -0.368 e. The van der Waals surface area contributed by atoms with Gasteiger partial charge in [-0.25, -0.2) is 8.78 Å². The van der Waals surface area contributed by atoms with E-state index in [4.69, 9.17) is 10.3 Å². The predicted octanol–water partition coefficient (Wildman–Crippen LogP) is 1.20. The lowest BCUT2D eigenvalue weighted by Crippen LogP contribution is -2.39. The largest absolute Gasteiger partial charge is 0.368 e. The fourth-order valence-electron chi connectivity index (χ4n) is 2.75. The molecule has 3 rings (SSSR count). The zero-order valence-corrected chi connectivity index (χ0v) is 12.3. The Hall–Kier alpha value is -2.35. The Kier molecular flexibility index (Phi) is 4.33. The van der Waals surface area contributed by atoms with Gasteiger partial charge in [-0.2, -0.15) is 4.98 Å². The normalized spacial score (nSPS) is 21.7. The lowest BCUT2D eigenvalue weighted by molar-refractivity contribution is -0.122. The zero-order valence-electron chi connectivity index (χ0n) is 12.3. The molecule has 2 atom stereocenters. The molecule has 0 saturated carbocycles. The third kappa shape index (κ3) is 3.70. The summed E-state index contributed by atoms with van der Waals surface area (Å²) >= 11 is 0. The van der Waals surface area contributed by atoms with Crippen molar-refractivity contribution in [3.05, 3.63) is 47.4 Å². The Bertz CT molecular complexity index is 706. The minimum absolute atomic E-state index is 0.0830. The molecule has 1 aromatic heterocycles. The molecule has 122 valence electrons. The van der Waals surface area contributed by atoms with Gasteiger partial charge in [0.1, 0.15) is 12.0 Å². The van der Waals surface area contributed by atoms with E-state index < -0.39 is 18.1 Å². The van der Waals surface area contributed by atoms with Gasteiger partial charge in [0.15, 0.2) is 5.82 Å². The molecule has 0 bridgehead atoms. The number of nitrogens with two attached hydrogens (primary N) is 1. The smallest absolute Gasteiger partial charge is 0.240 e. The second-order valence-corrected chi connectivity index (χ2v) is 5.59. The van der Waals surface area contributed by atoms with Crippen molar-refractivity contribution >= 4 is 5.91 Å². The van der Waals surface area contributed by atoms with Gasteiger partial charge in [0.25, 0.3) is 0 Å². The maximum atomic E-state index is 13.5. The molecule has 2 N–H and O–H groups in total. The van der Waals surface area contributed by atoms with Crippen LogP contribution in [-0.2, 0) is 17.8 Å². The van der Waals surface area contributed by atoms with Crippen LogP contribution in [0.3, 0.4) is 0 Å². The van der Waals surface area contributed by atoms with Crippen molar-refractivity contribution in [2.45, 2.75) is 31.6 Å². The van der Waals surface area contributed by atoms with Crippen molar-refractivity contribution in [3.8, 4) is 0 Å². The van der Waals surface area contributed by atoms with Crippen LogP contribution in [0.15, 0.2) is 28.8 Å². The Morgan fingerprint density at radius 3 is 3.04 bits per heavy atom. The molecule has 8 heteroatoms. The number of carbonyl (C=O) groups excluding carboxylic acids is 1. The maximum Gasteiger partial charge on any atom is 0.240 e. The Balaban J connectivity index is 1.66. The van der Waals surface area contributed by atoms with Gasteiger partial charge in [-0.3, -0.25) is 9.69 Å². The fourth-order valence-corrected chi connectivity index (χ4v) is 2.75. The Morgan fingerprint density at radius 1 is 1.48 bits per heavy atom. The van der Waals surface area contributed by atoms with E-state index >= 15 is 0 Å². The van der Waals surface area contributed by atoms with Crippen molar-refractivity contribution in [1.29, 1.82) is 0 Å². The van der Waals surface area contributed by atoms with Gasteiger partial charge in [0, 0.05) is 19.4 Å². The van der Waals surface area contributed by atoms with Gasteiger partial charge in [-0.1, -0.05) is 17.3 Å². The number of carbonyl (C=O) groups is 1. The lowest BCUT2D eigenvalue weighted by atomic mass is 10.1. The average molecular weight is 322 g/mol. The molecular formula is C15H16F2N4O2. The van der Waals surface area contributed by atoms with E-state index in [1.54, 1.807) is 17.0 Å². The van der Waals surface area contributed by atoms with Gasteiger partial charge in [0.05, 0.1) is 12.6 Å². The van der Waals surface area contributed by atoms with E-state index in [-0.39, 0.29) is 31.2 Å². The van der Waals surface area contributed by atoms with Crippen LogP contribution >= 0.6 is 0 Å². The zero-order chi connectivity index (χ0) is 16.4. The van der Waals surface area contributed by atoms with Gasteiger partial charge >= 0.3 is 0 Å². The van der Waals surface area contributed by atoms with E-state index in [0.717, 1.165) is 5.56 Å². The summed E-state index contributed by atoms with van der Waals surface area (Å²) in [5.41, 5.74) is 6.00. The van der Waals surface area contributed by atoms with Crippen molar-refractivity contribution in [2.24, 2.45) is 5.73 Å². The summed E-state index contributed by atoms with van der Waals surface area (Å²) in [5, 5.41) is 3.83. The topological polar surface area (TPSA) is 85.3 Å². The molecule has 0 unspecified atom stereocenters. The molecule has 1 saturated heterocycles. The predicted molar refractivity (Wildman–Crippen MR) is 76.4 cm³/mol. The first-order valence-corrected chi connectivity index (χ1v) is 7.24. The second-order valence-electron chi connectivity index (χ2n) is 5.59. The number of primary amides is 1. The molecule has 0 radical (unpaired) electrons. The maximum absolute atomic E-state index is 13.5. The van der Waals surface area contributed by atoms with Crippen molar-refractivity contribution in [3.63, 3.8) is 0 Å². The molecule has 0 aliphatic carbocycles. The summed E-state index contributed by atoms with van der Waals surface area (Å²) < 4.78 is 31.7. The molecule has 6 nitrogen and oxygen atoms in total. The van der Waals surface area contributed by atoms with E-state index in [2.05, 4.69) is 10.1 Å². The quantitative estimate of drug-likeness (QED) is 0.894. The highest BCUT2D eigenvalue weighted by molar-refractivity contribution is 5.80. The van der Waals surface area contributed by atoms with Crippen LogP contribution in [0.4, 0.5) is 8.78 Å². The number of benzene rings is 1. The molecule has 1 aromatic carbocycles. The number of amides is 1. The standard InChI is InChI=1S/C15H16F2N4O2/c16-10-3-1-2-9(4-10)5-13-19-14(23-20-13)8-21-7-11(17)6-12(21)15(18)22/h1-4,11-12H,5-8H2,(H2,18,22)/t11-,12+/m1/s1. The highest BCUT2D eigenvalue weighted by Gasteiger charge is 2.36. The summed E-state index contributed by atoms with van der Waals surface area (Å²) in [6.07, 6.45) is -0.687. The van der Waals surface area contributed by atoms with Crippen LogP contribution in [0, 0.1) is 5.82 Å². The molecule has 0 spiro atoms. The van der Waals surface area contributed by atoms with Crippen LogP contribution in [-0.4, -0.2) is 39.7 Å². The molecule has 23 heavy (non-hydrogen) atoms. The first-order valence-electron chi connectivity index (χ1n) is 7.24. The van der Waals surface area contributed by atoms with Crippen molar-refractivity contribution < 1.29 is 18.1 Å². The Morgan fingerprint density at radius 2 is 2.30 bits per heavy atom. The number of aromatic nitrogens is 2. The molecule has 1 aliphatic rings. The number of hydrogen-bond donors (Lipinski definition) is 1. The van der Waals surface area contributed by atoms with Crippen LogP contribution in [0.25, 0.3) is 0 Å². The fraction of sp³-hybridized carbons (Fsp3) is 0.400. The third-order valence-corrected chi connectivity index (χ3v) is 3.78. The van der Waals surface area contributed by atoms with Crippen molar-refractivity contribution in [1.82, 2.24) is 15.0 Å². The SMILES string of the molecule is NC(=O)[C@@H]1C[C@@H](F)CN1Cc1nc(Cc2cccc(F)c2)no1. The molecule has 1 aliphatic heterocycles. The molecule has 2 aromatic rings. The van der Waals surface area contributed by atoms with Gasteiger partial charge < -0.3 is 10.3 Å². The first-order chi connectivity index (χ1) is 11.0. The summed E-state index contributed by atoms with van der Waals surface area (Å²) in [7, 11) is 0. The van der Waals surface area contributed by atoms with Gasteiger partial charge in [-0.15, -0.1) is 0 Å². The van der Waals surface area contributed by atoms with Gasteiger partial charge in [-0.05, 0) is 17.7 Å². The first kappa shape index (κ1) is 15.5. The second kappa shape index (κ2) is 6.41. The summed E-state index contributed by atoms with van der Waals surface area (Å²) in [4.78, 5) is 17.1. The molecular weight excluding hydrogens is 306 g/mol. The summed E-state index contributed by atoms with van der Waals surface area (Å²) in [6.45, 7) is 0.263. The van der Waals surface area contributed by atoms with Gasteiger partial charge in [0.2, 0.25) is 11.8 Å². The minimum atomic E-state index is -1.10. The van der Waals surface area contributed by atoms with E-state index in [0.29, 0.717) is 12.2 Å². The number of likely N-dealkylation sites (tertiary alicyclic amines) is 1. The number of hydrogen-bond acceptors (Lipinski definition) is 5. The van der Waals surface area contributed by atoms with Crippen LogP contribution in [0.2, 0.25) is 0 Å². The van der Waals surface area contributed by atoms with E-state index in [1.165, 1.54) is 12.1 Å². The number of rotatable bonds is 5. The van der Waals surface area contributed by atoms with Crippen LogP contribution in [0.5, 0.6) is 0 Å². The molecule has 1 fully saturated rings. The number of nitrogens with zero attached hydrogens (tertiary/aromatic N) is 3. The van der Waals surface area contributed by atoms with Crippen LogP contribution < -0.4 is 5.73 Å². The average Bonchev–Trinajstić information content (AvgIpc) is 3.06. The van der Waals surface area contributed by atoms with E-state index in [9.17, 15) is 13.6 Å².